The van der Waals surface area contributed by atoms with Gasteiger partial charge in [-0.15, -0.1) is 0 Å². The molecule has 0 atom stereocenters. The maximum absolute atomic E-state index is 2.47. The summed E-state index contributed by atoms with van der Waals surface area (Å²) in [7, 11) is 0. The van der Waals surface area contributed by atoms with Crippen LogP contribution in [-0.2, 0) is 5.41 Å². The highest BCUT2D eigenvalue weighted by atomic mass is 32.2. The fourth-order valence-corrected chi connectivity index (χ4v) is 11.1. The number of nitrogens with zero attached hydrogens (tertiary/aromatic N) is 2. The Morgan fingerprint density at radius 1 is 0.469 bits per heavy atom. The Morgan fingerprint density at radius 3 is 1.47 bits per heavy atom. The van der Waals surface area contributed by atoms with Crippen LogP contribution in [0.15, 0.2) is 161 Å². The molecule has 6 aromatic rings. The van der Waals surface area contributed by atoms with E-state index in [1.54, 1.807) is 5.56 Å². The summed E-state index contributed by atoms with van der Waals surface area (Å²) >= 11 is 1.85. The quantitative estimate of drug-likeness (QED) is 0.176. The Bertz CT molecular complexity index is 2040. The number of hydrogen-bond donors (Lipinski definition) is 0. The van der Waals surface area contributed by atoms with Gasteiger partial charge >= 0.3 is 0 Å². The second-order valence-corrected chi connectivity index (χ2v) is 16.0. The molecule has 11 rings (SSSR count). The first-order valence-electron chi connectivity index (χ1n) is 18.0. The second kappa shape index (κ2) is 11.7. The molecule has 0 spiro atoms. The number of rotatable bonds is 6. The van der Waals surface area contributed by atoms with Gasteiger partial charge in [0.25, 0.3) is 0 Å². The Balaban J connectivity index is 1.03. The third kappa shape index (κ3) is 5.09. The summed E-state index contributed by atoms with van der Waals surface area (Å²) in [6.07, 6.45) is 8.62. The van der Waals surface area contributed by atoms with Gasteiger partial charge in [-0.2, -0.15) is 0 Å². The zero-order chi connectivity index (χ0) is 32.4. The van der Waals surface area contributed by atoms with Gasteiger partial charge in [-0.05, 0) is 151 Å². The molecule has 2 nitrogen and oxygen atoms in total. The van der Waals surface area contributed by atoms with Gasteiger partial charge in [0.15, 0.2) is 0 Å². The molecule has 0 aromatic heterocycles. The molecule has 5 aliphatic rings. The minimum atomic E-state index is 0.399. The van der Waals surface area contributed by atoms with Crippen LogP contribution in [0.25, 0.3) is 11.1 Å². The molecule has 49 heavy (non-hydrogen) atoms. The third-order valence-corrected chi connectivity index (χ3v) is 12.9. The lowest BCUT2D eigenvalue weighted by atomic mass is 9.48. The largest absolute Gasteiger partial charge is 0.311 e. The van der Waals surface area contributed by atoms with Crippen molar-refractivity contribution in [3.8, 4) is 11.1 Å². The van der Waals surface area contributed by atoms with Crippen LogP contribution in [0, 0.1) is 17.8 Å². The Labute approximate surface area is 294 Å². The Morgan fingerprint density at radius 2 is 0.918 bits per heavy atom. The summed E-state index contributed by atoms with van der Waals surface area (Å²) in [5.41, 5.74) is 11.6. The molecule has 4 fully saturated rings. The summed E-state index contributed by atoms with van der Waals surface area (Å²) in [6.45, 7) is 0. The monoisotopic (exact) mass is 652 g/mol. The molecule has 0 N–H and O–H groups in total. The van der Waals surface area contributed by atoms with Gasteiger partial charge < -0.3 is 9.80 Å². The highest BCUT2D eigenvalue weighted by Crippen LogP contribution is 2.61. The van der Waals surface area contributed by atoms with E-state index in [1.807, 2.05) is 11.8 Å². The summed E-state index contributed by atoms with van der Waals surface area (Å²) in [5, 5.41) is 0. The molecule has 3 heteroatoms. The number of benzene rings is 6. The summed E-state index contributed by atoms with van der Waals surface area (Å²) in [5.74, 6) is 2.84. The van der Waals surface area contributed by atoms with Gasteiger partial charge in [-0.1, -0.05) is 90.6 Å². The smallest absolute Gasteiger partial charge is 0.0601 e. The van der Waals surface area contributed by atoms with E-state index in [0.717, 1.165) is 23.4 Å². The number of fused-ring (bicyclic) bond motifs is 2. The zero-order valence-corrected chi connectivity index (χ0v) is 28.5. The van der Waals surface area contributed by atoms with Crippen molar-refractivity contribution in [2.45, 2.75) is 53.7 Å². The zero-order valence-electron chi connectivity index (χ0n) is 27.7. The van der Waals surface area contributed by atoms with Crippen molar-refractivity contribution in [1.82, 2.24) is 0 Å². The highest BCUT2D eigenvalue weighted by Gasteiger charge is 2.51. The van der Waals surface area contributed by atoms with Crippen molar-refractivity contribution in [3.05, 3.63) is 157 Å². The number of anilines is 6. The molecule has 4 aliphatic carbocycles. The van der Waals surface area contributed by atoms with Crippen LogP contribution in [0.2, 0.25) is 0 Å². The third-order valence-electron chi connectivity index (χ3n) is 11.8. The summed E-state index contributed by atoms with van der Waals surface area (Å²) in [6, 6.07) is 56.1. The van der Waals surface area contributed by atoms with Crippen LogP contribution in [0.3, 0.4) is 0 Å². The van der Waals surface area contributed by atoms with Crippen molar-refractivity contribution in [2.24, 2.45) is 17.8 Å². The van der Waals surface area contributed by atoms with E-state index >= 15 is 0 Å². The minimum absolute atomic E-state index is 0.399. The molecule has 0 saturated heterocycles. The number of para-hydroxylation sites is 2. The molecular weight excluding hydrogens is 613 g/mol. The van der Waals surface area contributed by atoms with Crippen LogP contribution in [0.5, 0.6) is 0 Å². The lowest BCUT2D eigenvalue weighted by molar-refractivity contribution is -0.00518. The molecule has 4 bridgehead atoms. The first kappa shape index (κ1) is 29.2. The fraction of sp³-hybridized carbons (Fsp3) is 0.217. The van der Waals surface area contributed by atoms with Gasteiger partial charge in [-0.25, -0.2) is 0 Å². The molecule has 0 unspecified atom stereocenters. The molecule has 240 valence electrons. The van der Waals surface area contributed by atoms with Crippen molar-refractivity contribution >= 4 is 45.9 Å². The molecule has 6 aromatic carbocycles. The average Bonchev–Trinajstić information content (AvgIpc) is 3.15. The van der Waals surface area contributed by atoms with E-state index in [9.17, 15) is 0 Å². The van der Waals surface area contributed by atoms with Gasteiger partial charge in [-0.3, -0.25) is 0 Å². The van der Waals surface area contributed by atoms with E-state index < -0.39 is 0 Å². The Kier molecular flexibility index (Phi) is 6.98. The Hall–Kier alpha value is -4.73. The first-order valence-corrected chi connectivity index (χ1v) is 18.8. The predicted octanol–water partition coefficient (Wildman–Crippen LogP) is 13.2. The van der Waals surface area contributed by atoms with E-state index in [-0.39, 0.29) is 0 Å². The van der Waals surface area contributed by atoms with E-state index in [2.05, 4.69) is 161 Å². The first-order chi connectivity index (χ1) is 24.2. The van der Waals surface area contributed by atoms with Gasteiger partial charge in [0.1, 0.15) is 0 Å². The summed E-state index contributed by atoms with van der Waals surface area (Å²) < 4.78 is 0. The lowest BCUT2D eigenvalue weighted by Gasteiger charge is -2.57. The normalized spacial score (nSPS) is 23.2. The maximum atomic E-state index is 2.47. The van der Waals surface area contributed by atoms with Crippen LogP contribution >= 0.6 is 11.8 Å². The van der Waals surface area contributed by atoms with Crippen LogP contribution in [0.4, 0.5) is 34.1 Å². The van der Waals surface area contributed by atoms with Crippen molar-refractivity contribution in [1.29, 1.82) is 0 Å². The molecule has 4 saturated carbocycles. The van der Waals surface area contributed by atoms with Crippen LogP contribution in [-0.4, -0.2) is 0 Å². The van der Waals surface area contributed by atoms with Crippen LogP contribution in [0.1, 0.15) is 44.1 Å². The van der Waals surface area contributed by atoms with Gasteiger partial charge in [0.2, 0.25) is 0 Å². The molecule has 0 radical (unpaired) electrons. The maximum Gasteiger partial charge on any atom is 0.0601 e. The van der Waals surface area contributed by atoms with Crippen LogP contribution < -0.4 is 9.80 Å². The van der Waals surface area contributed by atoms with E-state index in [4.69, 9.17) is 0 Å². The highest BCUT2D eigenvalue weighted by molar-refractivity contribution is 7.99. The summed E-state index contributed by atoms with van der Waals surface area (Å²) in [4.78, 5) is 7.40. The SMILES string of the molecule is c1ccc(-c2ccc(N(c3ccc(N4c5ccccc5Sc5ccccc54)cc3)c3ccc(C45CC6CC(CC(C6)C4)C5)cc3)cc2)cc1. The standard InChI is InChI=1S/C46H40N2S/c1-2-8-35(9-3-1)36-14-18-38(19-15-36)47(39-20-16-37(17-21-39)46-29-32-26-33(30-46)28-34(27-32)31-46)40-22-24-41(25-23-40)48-42-10-4-6-12-44(42)49-45-13-7-5-11-43(45)48/h1-25,32-34H,26-31H2. The molecular formula is C46H40N2S. The fourth-order valence-electron chi connectivity index (χ4n) is 10.0. The number of hydrogen-bond acceptors (Lipinski definition) is 3. The van der Waals surface area contributed by atoms with E-state index in [0.29, 0.717) is 5.41 Å². The van der Waals surface area contributed by atoms with Crippen molar-refractivity contribution in [2.75, 3.05) is 9.80 Å². The van der Waals surface area contributed by atoms with Gasteiger partial charge in [0.05, 0.1) is 11.4 Å². The second-order valence-electron chi connectivity index (χ2n) is 14.9. The average molecular weight is 653 g/mol. The molecule has 1 aliphatic heterocycles. The predicted molar refractivity (Wildman–Crippen MR) is 205 cm³/mol. The van der Waals surface area contributed by atoms with E-state index in [1.165, 1.54) is 87.9 Å². The lowest BCUT2D eigenvalue weighted by Crippen LogP contribution is -2.48. The van der Waals surface area contributed by atoms with Crippen molar-refractivity contribution < 1.29 is 0 Å². The van der Waals surface area contributed by atoms with Gasteiger partial charge in [0, 0.05) is 32.5 Å². The molecule has 1 heterocycles. The topological polar surface area (TPSA) is 6.48 Å². The van der Waals surface area contributed by atoms with Crippen molar-refractivity contribution in [3.63, 3.8) is 0 Å². The molecule has 0 amide bonds. The minimum Gasteiger partial charge on any atom is -0.311 e.